The van der Waals surface area contributed by atoms with E-state index >= 15 is 0 Å². The Hall–Kier alpha value is -0.590. The van der Waals surface area contributed by atoms with Gasteiger partial charge >= 0.3 is 0 Å². The quantitative estimate of drug-likeness (QED) is 0.700. The Labute approximate surface area is 82.9 Å². The number of alkyl halides is 1. The Morgan fingerprint density at radius 2 is 2.25 bits per heavy atom. The molecule has 1 rings (SSSR count). The molecular weight excluding hydrogens is 244 g/mol. The topological polar surface area (TPSA) is 23.8 Å². The maximum Gasteiger partial charge on any atom is 0.147 e. The first-order valence-electron chi connectivity index (χ1n) is 3.13. The maximum absolute atomic E-state index is 13.1. The zero-order valence-electron chi connectivity index (χ0n) is 5.94. The SMILES string of the molecule is N#Cc1ccc(Cl)c(F)c1CBr. The highest BCUT2D eigenvalue weighted by Crippen LogP contribution is 2.23. The summed E-state index contributed by atoms with van der Waals surface area (Å²) in [4.78, 5) is 0. The van der Waals surface area contributed by atoms with Crippen LogP contribution in [0.25, 0.3) is 0 Å². The summed E-state index contributed by atoms with van der Waals surface area (Å²) in [6.07, 6.45) is 0. The van der Waals surface area contributed by atoms with E-state index in [1.807, 2.05) is 6.07 Å². The molecular formula is C8H4BrClFN. The first-order chi connectivity index (χ1) is 5.70. The molecule has 0 saturated heterocycles. The average Bonchev–Trinajstić information content (AvgIpc) is 2.09. The Morgan fingerprint density at radius 1 is 1.58 bits per heavy atom. The van der Waals surface area contributed by atoms with Gasteiger partial charge in [-0.05, 0) is 12.1 Å². The Bertz CT molecular complexity index is 346. The Kier molecular flexibility index (Phi) is 3.07. The van der Waals surface area contributed by atoms with Crippen LogP contribution in [0.4, 0.5) is 4.39 Å². The lowest BCUT2D eigenvalue weighted by Crippen LogP contribution is -1.92. The summed E-state index contributed by atoms with van der Waals surface area (Å²) in [6, 6.07) is 4.76. The summed E-state index contributed by atoms with van der Waals surface area (Å²) < 4.78 is 13.1. The summed E-state index contributed by atoms with van der Waals surface area (Å²) >= 11 is 8.60. The van der Waals surface area contributed by atoms with Crippen LogP contribution in [0.5, 0.6) is 0 Å². The van der Waals surface area contributed by atoms with Gasteiger partial charge in [-0.15, -0.1) is 0 Å². The minimum Gasteiger partial charge on any atom is -0.205 e. The lowest BCUT2D eigenvalue weighted by molar-refractivity contribution is 0.617. The second-order valence-corrected chi connectivity index (χ2v) is 3.10. The van der Waals surface area contributed by atoms with Crippen molar-refractivity contribution in [2.24, 2.45) is 0 Å². The van der Waals surface area contributed by atoms with E-state index in [0.717, 1.165) is 0 Å². The Morgan fingerprint density at radius 3 is 2.75 bits per heavy atom. The fraction of sp³-hybridized carbons (Fsp3) is 0.125. The van der Waals surface area contributed by atoms with E-state index in [9.17, 15) is 4.39 Å². The van der Waals surface area contributed by atoms with Crippen LogP contribution in [-0.2, 0) is 5.33 Å². The van der Waals surface area contributed by atoms with Crippen molar-refractivity contribution in [2.45, 2.75) is 5.33 Å². The molecule has 4 heteroatoms. The number of hydrogen-bond donors (Lipinski definition) is 0. The van der Waals surface area contributed by atoms with Gasteiger partial charge in [0, 0.05) is 10.9 Å². The van der Waals surface area contributed by atoms with E-state index in [1.165, 1.54) is 12.1 Å². The first kappa shape index (κ1) is 9.50. The third kappa shape index (κ3) is 1.60. The van der Waals surface area contributed by atoms with Crippen LogP contribution in [0.3, 0.4) is 0 Å². The summed E-state index contributed by atoms with van der Waals surface area (Å²) in [5, 5.41) is 8.92. The van der Waals surface area contributed by atoms with Crippen molar-refractivity contribution in [1.82, 2.24) is 0 Å². The minimum absolute atomic E-state index is 0.0449. The zero-order valence-corrected chi connectivity index (χ0v) is 8.28. The predicted octanol–water partition coefficient (Wildman–Crippen LogP) is 3.25. The van der Waals surface area contributed by atoms with Crippen LogP contribution in [0.2, 0.25) is 5.02 Å². The Balaban J connectivity index is 3.38. The van der Waals surface area contributed by atoms with Crippen LogP contribution in [0.1, 0.15) is 11.1 Å². The second kappa shape index (κ2) is 3.88. The van der Waals surface area contributed by atoms with Gasteiger partial charge in [-0.1, -0.05) is 27.5 Å². The smallest absolute Gasteiger partial charge is 0.147 e. The van der Waals surface area contributed by atoms with Gasteiger partial charge in [0.15, 0.2) is 0 Å². The molecule has 0 fully saturated rings. The van der Waals surface area contributed by atoms with Crippen molar-refractivity contribution < 1.29 is 4.39 Å². The normalized spacial score (nSPS) is 9.50. The summed E-state index contributed by atoms with van der Waals surface area (Å²) in [5.74, 6) is -0.521. The molecule has 1 nitrogen and oxygen atoms in total. The highest BCUT2D eigenvalue weighted by atomic mass is 79.9. The standard InChI is InChI=1S/C8H4BrClFN/c9-3-6-5(4-12)1-2-7(10)8(6)11/h1-2H,3H2. The second-order valence-electron chi connectivity index (χ2n) is 2.13. The van der Waals surface area contributed by atoms with E-state index in [2.05, 4.69) is 15.9 Å². The molecule has 0 N–H and O–H groups in total. The van der Waals surface area contributed by atoms with Crippen molar-refractivity contribution in [3.8, 4) is 6.07 Å². The number of benzene rings is 1. The molecule has 0 heterocycles. The molecule has 0 saturated carbocycles. The monoisotopic (exact) mass is 247 g/mol. The summed E-state index contributed by atoms with van der Waals surface area (Å²) in [7, 11) is 0. The number of halogens is 3. The average molecular weight is 248 g/mol. The van der Waals surface area contributed by atoms with Gasteiger partial charge < -0.3 is 0 Å². The lowest BCUT2D eigenvalue weighted by atomic mass is 10.1. The van der Waals surface area contributed by atoms with Gasteiger partial charge in [0.1, 0.15) is 5.82 Å². The van der Waals surface area contributed by atoms with Gasteiger partial charge in [-0.2, -0.15) is 5.26 Å². The highest BCUT2D eigenvalue weighted by Gasteiger charge is 2.10. The molecule has 1 aromatic rings. The number of rotatable bonds is 1. The van der Waals surface area contributed by atoms with E-state index in [0.29, 0.717) is 16.5 Å². The number of nitriles is 1. The first-order valence-corrected chi connectivity index (χ1v) is 4.63. The van der Waals surface area contributed by atoms with E-state index in [-0.39, 0.29) is 5.02 Å². The molecule has 0 radical (unpaired) electrons. The molecule has 12 heavy (non-hydrogen) atoms. The highest BCUT2D eigenvalue weighted by molar-refractivity contribution is 9.08. The fourth-order valence-electron chi connectivity index (χ4n) is 0.828. The maximum atomic E-state index is 13.1. The van der Waals surface area contributed by atoms with Gasteiger partial charge in [-0.25, -0.2) is 4.39 Å². The van der Waals surface area contributed by atoms with Crippen LogP contribution < -0.4 is 0 Å². The van der Waals surface area contributed by atoms with Crippen molar-refractivity contribution >= 4 is 27.5 Å². The molecule has 0 unspecified atom stereocenters. The zero-order chi connectivity index (χ0) is 9.14. The lowest BCUT2D eigenvalue weighted by Gasteiger charge is -2.02. The minimum atomic E-state index is -0.521. The molecule has 0 aliphatic rings. The summed E-state index contributed by atoms with van der Waals surface area (Å²) in [6.45, 7) is 0. The summed E-state index contributed by atoms with van der Waals surface area (Å²) in [5.41, 5.74) is 0.624. The van der Waals surface area contributed by atoms with E-state index < -0.39 is 5.82 Å². The molecule has 0 amide bonds. The molecule has 0 aliphatic carbocycles. The third-order valence-corrected chi connectivity index (χ3v) is 2.30. The van der Waals surface area contributed by atoms with Gasteiger partial charge in [0.2, 0.25) is 0 Å². The van der Waals surface area contributed by atoms with Gasteiger partial charge in [0.05, 0.1) is 16.7 Å². The van der Waals surface area contributed by atoms with Crippen LogP contribution >= 0.6 is 27.5 Å². The molecule has 0 bridgehead atoms. The third-order valence-electron chi connectivity index (χ3n) is 1.45. The molecule has 0 aromatic heterocycles. The van der Waals surface area contributed by atoms with E-state index in [1.54, 1.807) is 0 Å². The van der Waals surface area contributed by atoms with Gasteiger partial charge in [-0.3, -0.25) is 0 Å². The fourth-order valence-corrected chi connectivity index (χ4v) is 1.55. The molecule has 0 atom stereocenters. The largest absolute Gasteiger partial charge is 0.205 e. The molecule has 62 valence electrons. The predicted molar refractivity (Wildman–Crippen MR) is 48.8 cm³/mol. The van der Waals surface area contributed by atoms with Crippen LogP contribution in [0, 0.1) is 17.1 Å². The number of nitrogens with zero attached hydrogens (tertiary/aromatic N) is 1. The number of hydrogen-bond acceptors (Lipinski definition) is 1. The molecule has 0 aliphatic heterocycles. The van der Waals surface area contributed by atoms with Crippen LogP contribution in [-0.4, -0.2) is 0 Å². The van der Waals surface area contributed by atoms with Gasteiger partial charge in [0.25, 0.3) is 0 Å². The van der Waals surface area contributed by atoms with Crippen LogP contribution in [0.15, 0.2) is 12.1 Å². The molecule has 1 aromatic carbocycles. The van der Waals surface area contributed by atoms with E-state index in [4.69, 9.17) is 16.9 Å². The van der Waals surface area contributed by atoms with Crippen molar-refractivity contribution in [1.29, 1.82) is 5.26 Å². The van der Waals surface area contributed by atoms with Crippen molar-refractivity contribution in [2.75, 3.05) is 0 Å². The van der Waals surface area contributed by atoms with Crippen molar-refractivity contribution in [3.05, 3.63) is 34.1 Å². The van der Waals surface area contributed by atoms with Crippen molar-refractivity contribution in [3.63, 3.8) is 0 Å². The molecule has 0 spiro atoms.